The van der Waals surface area contributed by atoms with Gasteiger partial charge in [-0.15, -0.1) is 0 Å². The number of nitrogens with two attached hydrogens (primary N) is 1. The summed E-state index contributed by atoms with van der Waals surface area (Å²) in [6, 6.07) is 3.11. The number of hydrogen-bond donors (Lipinski definition) is 2. The summed E-state index contributed by atoms with van der Waals surface area (Å²) < 4.78 is 27.2. The summed E-state index contributed by atoms with van der Waals surface area (Å²) in [6.07, 6.45) is 1.60. The maximum absolute atomic E-state index is 11.3. The zero-order valence-electron chi connectivity index (χ0n) is 9.20. The Morgan fingerprint density at radius 1 is 1.33 bits per heavy atom. The van der Waals surface area contributed by atoms with Crippen molar-refractivity contribution in [1.29, 1.82) is 0 Å². The van der Waals surface area contributed by atoms with Crippen LogP contribution >= 0.6 is 0 Å². The highest BCUT2D eigenvalue weighted by Crippen LogP contribution is 2.26. The zero-order valence-corrected chi connectivity index (χ0v) is 10.0. The van der Waals surface area contributed by atoms with Crippen molar-refractivity contribution in [2.24, 2.45) is 0 Å². The molecule has 7 nitrogen and oxygen atoms in total. The van der Waals surface area contributed by atoms with Gasteiger partial charge in [-0.2, -0.15) is 0 Å². The van der Waals surface area contributed by atoms with Crippen LogP contribution in [0.2, 0.25) is 0 Å². The summed E-state index contributed by atoms with van der Waals surface area (Å²) in [5.74, 6) is 0.0319. The van der Waals surface area contributed by atoms with Crippen LogP contribution in [0.5, 0.6) is 0 Å². The van der Waals surface area contributed by atoms with E-state index in [0.29, 0.717) is 22.4 Å². The van der Waals surface area contributed by atoms with Gasteiger partial charge in [0.2, 0.25) is 0 Å². The molecule has 0 fully saturated rings. The second-order valence-corrected chi connectivity index (χ2v) is 6.00. The van der Waals surface area contributed by atoms with Gasteiger partial charge in [0.05, 0.1) is 23.2 Å². The van der Waals surface area contributed by atoms with Crippen molar-refractivity contribution in [1.82, 2.24) is 10.3 Å². The minimum absolute atomic E-state index is 0.0319. The van der Waals surface area contributed by atoms with Crippen molar-refractivity contribution in [2.45, 2.75) is 6.04 Å². The molecule has 1 aliphatic heterocycles. The Labute approximate surface area is 103 Å². The molecule has 2 heterocycles. The predicted molar refractivity (Wildman–Crippen MR) is 66.6 cm³/mol. The molecule has 1 unspecified atom stereocenters. The van der Waals surface area contributed by atoms with Crippen molar-refractivity contribution >= 4 is 32.2 Å². The molecule has 18 heavy (non-hydrogen) atoms. The number of rotatable bonds is 2. The topological polar surface area (TPSA) is 111 Å². The van der Waals surface area contributed by atoms with Crippen LogP contribution in [0.4, 0.5) is 11.4 Å². The standard InChI is InChI=1S/C10H10N4O3S/c11-7-1-2-8(10-9(7)13-17-14-10)12-6-3-4-18(15,16)5-6/h1-4,6,12H,5,11H2. The Morgan fingerprint density at radius 2 is 2.11 bits per heavy atom. The lowest BCUT2D eigenvalue weighted by Crippen LogP contribution is -2.21. The number of nitrogen functional groups attached to an aromatic ring is 1. The summed E-state index contributed by atoms with van der Waals surface area (Å²) in [6.45, 7) is 0. The Morgan fingerprint density at radius 3 is 2.83 bits per heavy atom. The van der Waals surface area contributed by atoms with Gasteiger partial charge >= 0.3 is 0 Å². The Bertz CT molecular complexity index is 735. The summed E-state index contributed by atoms with van der Waals surface area (Å²) in [5, 5.41) is 11.7. The molecule has 1 atom stereocenters. The summed E-state index contributed by atoms with van der Waals surface area (Å²) >= 11 is 0. The second-order valence-electron chi connectivity index (χ2n) is 4.07. The lowest BCUT2D eigenvalue weighted by Gasteiger charge is -2.11. The molecule has 3 rings (SSSR count). The fraction of sp³-hybridized carbons (Fsp3) is 0.200. The molecule has 1 aromatic carbocycles. The number of fused-ring (bicyclic) bond motifs is 1. The molecule has 0 aliphatic carbocycles. The second kappa shape index (κ2) is 3.70. The van der Waals surface area contributed by atoms with Crippen LogP contribution in [0.25, 0.3) is 11.0 Å². The maximum Gasteiger partial charge on any atom is 0.173 e. The average molecular weight is 266 g/mol. The van der Waals surface area contributed by atoms with Gasteiger partial charge in [-0.1, -0.05) is 6.08 Å². The molecule has 0 saturated carbocycles. The Hall–Kier alpha value is -2.09. The predicted octanol–water partition coefficient (Wildman–Crippen LogP) is 0.528. The van der Waals surface area contributed by atoms with E-state index in [9.17, 15) is 8.42 Å². The largest absolute Gasteiger partial charge is 0.397 e. The monoisotopic (exact) mass is 266 g/mol. The van der Waals surface area contributed by atoms with E-state index in [1.165, 1.54) is 5.41 Å². The summed E-state index contributed by atoms with van der Waals surface area (Å²) in [4.78, 5) is 0. The van der Waals surface area contributed by atoms with E-state index in [-0.39, 0.29) is 11.8 Å². The normalized spacial score (nSPS) is 21.4. The SMILES string of the molecule is Nc1ccc(NC2C=CS(=O)(=O)C2)c2nonc12. The minimum atomic E-state index is -3.09. The average Bonchev–Trinajstić information content (AvgIpc) is 2.90. The van der Waals surface area contributed by atoms with Crippen LogP contribution < -0.4 is 11.1 Å². The van der Waals surface area contributed by atoms with Crippen LogP contribution in [-0.4, -0.2) is 30.5 Å². The summed E-state index contributed by atoms with van der Waals surface area (Å²) in [7, 11) is -3.09. The molecule has 1 aliphatic rings. The number of nitrogens with one attached hydrogen (secondary N) is 1. The maximum atomic E-state index is 11.3. The molecular weight excluding hydrogens is 256 g/mol. The molecule has 0 radical (unpaired) electrons. The molecule has 8 heteroatoms. The van der Waals surface area contributed by atoms with E-state index in [2.05, 4.69) is 20.3 Å². The third-order valence-electron chi connectivity index (χ3n) is 2.72. The lowest BCUT2D eigenvalue weighted by molar-refractivity contribution is 0.315. The molecule has 3 N–H and O–H groups in total. The van der Waals surface area contributed by atoms with Gasteiger partial charge in [-0.05, 0) is 22.4 Å². The van der Waals surface area contributed by atoms with Gasteiger partial charge < -0.3 is 11.1 Å². The quantitative estimate of drug-likeness (QED) is 0.762. The van der Waals surface area contributed by atoms with Crippen molar-refractivity contribution in [3.8, 4) is 0 Å². The molecular formula is C10H10N4O3S. The number of sulfone groups is 1. The zero-order chi connectivity index (χ0) is 12.8. The van der Waals surface area contributed by atoms with Crippen LogP contribution in [0.1, 0.15) is 0 Å². The Kier molecular flexibility index (Phi) is 2.27. The molecule has 0 saturated heterocycles. The van der Waals surface area contributed by atoms with Gasteiger partial charge in [0.1, 0.15) is 0 Å². The first-order valence-corrected chi connectivity index (χ1v) is 6.95. The molecule has 1 aromatic heterocycles. The molecule has 0 bridgehead atoms. The fourth-order valence-corrected chi connectivity index (χ4v) is 3.10. The van der Waals surface area contributed by atoms with E-state index >= 15 is 0 Å². The number of anilines is 2. The lowest BCUT2D eigenvalue weighted by atomic mass is 10.2. The highest BCUT2D eigenvalue weighted by Gasteiger charge is 2.22. The molecule has 2 aromatic rings. The van der Waals surface area contributed by atoms with Crippen LogP contribution in [0.15, 0.2) is 28.2 Å². The van der Waals surface area contributed by atoms with Crippen molar-refractivity contribution in [3.63, 3.8) is 0 Å². The minimum Gasteiger partial charge on any atom is -0.397 e. The first-order chi connectivity index (χ1) is 8.55. The van der Waals surface area contributed by atoms with Gasteiger partial charge in [0.15, 0.2) is 20.9 Å². The number of hydrogen-bond acceptors (Lipinski definition) is 7. The number of benzene rings is 1. The van der Waals surface area contributed by atoms with Gasteiger partial charge in [-0.25, -0.2) is 13.0 Å². The first-order valence-electron chi connectivity index (χ1n) is 5.23. The van der Waals surface area contributed by atoms with Crippen LogP contribution in [0, 0.1) is 0 Å². The smallest absolute Gasteiger partial charge is 0.173 e. The Balaban J connectivity index is 1.95. The molecule has 94 valence electrons. The van der Waals surface area contributed by atoms with E-state index in [0.717, 1.165) is 0 Å². The van der Waals surface area contributed by atoms with Crippen molar-refractivity contribution in [3.05, 3.63) is 23.6 Å². The van der Waals surface area contributed by atoms with Gasteiger partial charge in [-0.3, -0.25) is 0 Å². The number of nitrogens with zero attached hydrogens (tertiary/aromatic N) is 2. The van der Waals surface area contributed by atoms with Crippen molar-refractivity contribution < 1.29 is 13.0 Å². The highest BCUT2D eigenvalue weighted by molar-refractivity contribution is 7.94. The third kappa shape index (κ3) is 1.80. The highest BCUT2D eigenvalue weighted by atomic mass is 32.2. The van der Waals surface area contributed by atoms with Crippen LogP contribution in [0.3, 0.4) is 0 Å². The summed E-state index contributed by atoms with van der Waals surface area (Å²) in [5.41, 5.74) is 7.79. The molecule has 0 amide bonds. The number of aromatic nitrogens is 2. The van der Waals surface area contributed by atoms with E-state index in [1.807, 2.05) is 0 Å². The van der Waals surface area contributed by atoms with E-state index in [1.54, 1.807) is 18.2 Å². The fourth-order valence-electron chi connectivity index (χ4n) is 1.87. The van der Waals surface area contributed by atoms with Crippen molar-refractivity contribution in [2.75, 3.05) is 16.8 Å². The van der Waals surface area contributed by atoms with Crippen LogP contribution in [-0.2, 0) is 9.84 Å². The van der Waals surface area contributed by atoms with E-state index < -0.39 is 9.84 Å². The third-order valence-corrected chi connectivity index (χ3v) is 4.11. The van der Waals surface area contributed by atoms with Gasteiger partial charge in [0.25, 0.3) is 0 Å². The molecule has 0 spiro atoms. The van der Waals surface area contributed by atoms with Gasteiger partial charge in [0, 0.05) is 5.41 Å². The van der Waals surface area contributed by atoms with E-state index in [4.69, 9.17) is 5.73 Å². The first kappa shape index (κ1) is 11.0.